The molecule has 0 radical (unpaired) electrons. The Morgan fingerprint density at radius 1 is 1.30 bits per heavy atom. The van der Waals surface area contributed by atoms with Crippen molar-refractivity contribution in [3.8, 4) is 0 Å². The van der Waals surface area contributed by atoms with Gasteiger partial charge in [0, 0.05) is 24.0 Å². The van der Waals surface area contributed by atoms with Crippen LogP contribution in [0.25, 0.3) is 0 Å². The third-order valence-electron chi connectivity index (χ3n) is 2.98. The van der Waals surface area contributed by atoms with Crippen molar-refractivity contribution < 1.29 is 4.74 Å². The summed E-state index contributed by atoms with van der Waals surface area (Å²) in [6, 6.07) is 9.58. The quantitative estimate of drug-likeness (QED) is 0.535. The van der Waals surface area contributed by atoms with Gasteiger partial charge in [0.15, 0.2) is 5.11 Å². The van der Waals surface area contributed by atoms with Crippen molar-refractivity contribution in [3.05, 3.63) is 62.9 Å². The normalized spacial score (nSPS) is 10.3. The minimum Gasteiger partial charge on any atom is -0.360 e. The molecule has 0 bridgehead atoms. The lowest BCUT2D eigenvalue weighted by atomic mass is 10.3. The first-order chi connectivity index (χ1) is 11.1. The van der Waals surface area contributed by atoms with E-state index in [4.69, 9.17) is 17.0 Å². The minimum absolute atomic E-state index is 0.0665. The highest BCUT2D eigenvalue weighted by atomic mass is 32.1. The molecule has 2 aromatic rings. The summed E-state index contributed by atoms with van der Waals surface area (Å²) in [5.41, 5.74) is 0.487. The van der Waals surface area contributed by atoms with Crippen LogP contribution in [0.2, 0.25) is 0 Å². The van der Waals surface area contributed by atoms with Crippen LogP contribution in [0.15, 0.2) is 46.1 Å². The number of H-pyrrole nitrogens is 1. The number of anilines is 1. The molecular formula is C15H18N4O3S. The largest absolute Gasteiger partial charge is 0.360 e. The van der Waals surface area contributed by atoms with Crippen molar-refractivity contribution in [1.82, 2.24) is 14.9 Å². The first-order valence-corrected chi connectivity index (χ1v) is 7.45. The highest BCUT2D eigenvalue weighted by Crippen LogP contribution is 2.03. The number of nitrogens with zero attached hydrogens (tertiary/aromatic N) is 1. The van der Waals surface area contributed by atoms with Gasteiger partial charge in [-0.3, -0.25) is 14.3 Å². The van der Waals surface area contributed by atoms with E-state index >= 15 is 0 Å². The summed E-state index contributed by atoms with van der Waals surface area (Å²) in [6.07, 6.45) is 1.47. The SMILES string of the molecule is Cc1cn(COCCNC(=S)Nc2ccccc2)c(=O)[nH]c1=O. The van der Waals surface area contributed by atoms with Crippen molar-refractivity contribution in [2.24, 2.45) is 0 Å². The second kappa shape index (κ2) is 8.25. The highest BCUT2D eigenvalue weighted by molar-refractivity contribution is 7.80. The van der Waals surface area contributed by atoms with E-state index in [2.05, 4.69) is 15.6 Å². The van der Waals surface area contributed by atoms with E-state index in [-0.39, 0.29) is 12.3 Å². The number of hydrogen-bond donors (Lipinski definition) is 3. The second-order valence-electron chi connectivity index (χ2n) is 4.83. The maximum absolute atomic E-state index is 11.5. The lowest BCUT2D eigenvalue weighted by Crippen LogP contribution is -2.33. The van der Waals surface area contributed by atoms with Gasteiger partial charge in [0.2, 0.25) is 0 Å². The highest BCUT2D eigenvalue weighted by Gasteiger charge is 2.01. The molecule has 7 nitrogen and oxygen atoms in total. The number of rotatable bonds is 6. The van der Waals surface area contributed by atoms with Crippen LogP contribution in [0.3, 0.4) is 0 Å². The van der Waals surface area contributed by atoms with Crippen LogP contribution in [-0.4, -0.2) is 27.8 Å². The fourth-order valence-corrected chi connectivity index (χ4v) is 2.03. The van der Waals surface area contributed by atoms with E-state index in [1.807, 2.05) is 30.3 Å². The summed E-state index contributed by atoms with van der Waals surface area (Å²) in [6.45, 7) is 2.55. The molecule has 1 heterocycles. The lowest BCUT2D eigenvalue weighted by Gasteiger charge is -2.11. The number of aryl methyl sites for hydroxylation is 1. The predicted octanol–water partition coefficient (Wildman–Crippen LogP) is 0.806. The number of ether oxygens (including phenoxy) is 1. The maximum Gasteiger partial charge on any atom is 0.330 e. The third kappa shape index (κ3) is 5.35. The summed E-state index contributed by atoms with van der Waals surface area (Å²) in [7, 11) is 0. The van der Waals surface area contributed by atoms with Gasteiger partial charge >= 0.3 is 5.69 Å². The van der Waals surface area contributed by atoms with Gasteiger partial charge in [-0.2, -0.15) is 0 Å². The molecule has 1 aromatic carbocycles. The smallest absolute Gasteiger partial charge is 0.330 e. The fraction of sp³-hybridized carbons (Fsp3) is 0.267. The van der Waals surface area contributed by atoms with E-state index in [9.17, 15) is 9.59 Å². The molecule has 0 amide bonds. The molecule has 0 aliphatic rings. The monoisotopic (exact) mass is 334 g/mol. The fourth-order valence-electron chi connectivity index (χ4n) is 1.81. The van der Waals surface area contributed by atoms with Gasteiger partial charge in [-0.1, -0.05) is 18.2 Å². The Kier molecular flexibility index (Phi) is 6.07. The van der Waals surface area contributed by atoms with Crippen molar-refractivity contribution in [2.75, 3.05) is 18.5 Å². The number of thiocarbonyl (C=S) groups is 1. The zero-order chi connectivity index (χ0) is 16.7. The Bertz CT molecular complexity index is 770. The second-order valence-corrected chi connectivity index (χ2v) is 5.23. The van der Waals surface area contributed by atoms with Gasteiger partial charge in [-0.15, -0.1) is 0 Å². The Labute approximate surface area is 138 Å². The summed E-state index contributed by atoms with van der Waals surface area (Å²) in [4.78, 5) is 25.0. The van der Waals surface area contributed by atoms with E-state index < -0.39 is 5.69 Å². The van der Waals surface area contributed by atoms with E-state index in [1.165, 1.54) is 10.8 Å². The van der Waals surface area contributed by atoms with Crippen LogP contribution in [0.5, 0.6) is 0 Å². The molecule has 23 heavy (non-hydrogen) atoms. The molecule has 1 aromatic heterocycles. The van der Waals surface area contributed by atoms with Crippen LogP contribution in [0, 0.1) is 6.92 Å². The van der Waals surface area contributed by atoms with Gasteiger partial charge in [-0.25, -0.2) is 4.79 Å². The van der Waals surface area contributed by atoms with Gasteiger partial charge < -0.3 is 15.4 Å². The molecule has 8 heteroatoms. The average molecular weight is 334 g/mol. The number of benzene rings is 1. The van der Waals surface area contributed by atoms with Crippen LogP contribution in [-0.2, 0) is 11.5 Å². The summed E-state index contributed by atoms with van der Waals surface area (Å²) in [5, 5.41) is 6.54. The van der Waals surface area contributed by atoms with E-state index in [1.54, 1.807) is 6.92 Å². The third-order valence-corrected chi connectivity index (χ3v) is 3.23. The Morgan fingerprint density at radius 3 is 2.78 bits per heavy atom. The molecule has 0 fully saturated rings. The topological polar surface area (TPSA) is 88.2 Å². The minimum atomic E-state index is -0.491. The first-order valence-electron chi connectivity index (χ1n) is 7.04. The molecule has 0 aliphatic heterocycles. The molecule has 0 saturated carbocycles. The van der Waals surface area contributed by atoms with Crippen LogP contribution in [0.4, 0.5) is 5.69 Å². The first kappa shape index (κ1) is 16.9. The van der Waals surface area contributed by atoms with E-state index in [0.29, 0.717) is 23.8 Å². The predicted molar refractivity (Wildman–Crippen MR) is 92.7 cm³/mol. The van der Waals surface area contributed by atoms with Gasteiger partial charge in [-0.05, 0) is 31.3 Å². The van der Waals surface area contributed by atoms with Crippen LogP contribution < -0.4 is 21.9 Å². The molecule has 122 valence electrons. The van der Waals surface area contributed by atoms with Crippen molar-refractivity contribution in [1.29, 1.82) is 0 Å². The van der Waals surface area contributed by atoms with Crippen molar-refractivity contribution in [2.45, 2.75) is 13.7 Å². The van der Waals surface area contributed by atoms with Gasteiger partial charge in [0.05, 0.1) is 6.61 Å². The molecular weight excluding hydrogens is 316 g/mol. The Morgan fingerprint density at radius 2 is 2.04 bits per heavy atom. The molecule has 0 unspecified atom stereocenters. The maximum atomic E-state index is 11.5. The standard InChI is InChI=1S/C15H18N4O3S/c1-11-9-19(15(21)18-13(11)20)10-22-8-7-16-14(23)17-12-5-3-2-4-6-12/h2-6,9H,7-8,10H2,1H3,(H2,16,17,23)(H,18,20,21). The Hall–Kier alpha value is -2.45. The van der Waals surface area contributed by atoms with E-state index in [0.717, 1.165) is 5.69 Å². The molecule has 0 atom stereocenters. The summed E-state index contributed by atoms with van der Waals surface area (Å²) in [5.74, 6) is 0. The van der Waals surface area contributed by atoms with Crippen molar-refractivity contribution in [3.63, 3.8) is 0 Å². The molecule has 0 aliphatic carbocycles. The Balaban J connectivity index is 1.70. The number of nitrogens with one attached hydrogen (secondary N) is 3. The number of hydrogen-bond acceptors (Lipinski definition) is 4. The summed E-state index contributed by atoms with van der Waals surface area (Å²) < 4.78 is 6.69. The van der Waals surface area contributed by atoms with Crippen LogP contribution in [0.1, 0.15) is 5.56 Å². The molecule has 2 rings (SSSR count). The zero-order valence-corrected chi connectivity index (χ0v) is 13.5. The lowest BCUT2D eigenvalue weighted by molar-refractivity contribution is 0.0776. The average Bonchev–Trinajstić information content (AvgIpc) is 2.52. The van der Waals surface area contributed by atoms with Gasteiger partial charge in [0.25, 0.3) is 5.56 Å². The number of aromatic nitrogens is 2. The van der Waals surface area contributed by atoms with Crippen LogP contribution >= 0.6 is 12.2 Å². The zero-order valence-electron chi connectivity index (χ0n) is 12.7. The van der Waals surface area contributed by atoms with Gasteiger partial charge in [0.1, 0.15) is 6.73 Å². The number of aromatic amines is 1. The molecule has 0 spiro atoms. The molecule has 3 N–H and O–H groups in total. The number of para-hydroxylation sites is 1. The van der Waals surface area contributed by atoms with Crippen molar-refractivity contribution >= 4 is 23.0 Å². The summed E-state index contributed by atoms with van der Waals surface area (Å²) >= 11 is 5.16. The molecule has 0 saturated heterocycles.